The summed E-state index contributed by atoms with van der Waals surface area (Å²) in [4.78, 5) is 24.4. The van der Waals surface area contributed by atoms with Gasteiger partial charge in [-0.3, -0.25) is 9.59 Å². The second kappa shape index (κ2) is 57.6. The molecule has 0 heterocycles. The Kier molecular flexibility index (Phi) is 54.5. The minimum Gasteiger partial charge on any atom is -0.462 e. The van der Waals surface area contributed by atoms with Crippen LogP contribution >= 0.6 is 0 Å². The number of hydrogen-bond acceptors (Lipinski definition) is 5. The van der Waals surface area contributed by atoms with Gasteiger partial charge in [-0.15, -0.1) is 0 Å². The number of unbranched alkanes of at least 4 members (excludes halogenated alkanes) is 22. The number of hydrogen-bond donors (Lipinski definition) is 1. The maximum Gasteiger partial charge on any atom is 0.306 e. The van der Waals surface area contributed by atoms with Gasteiger partial charge in [0.25, 0.3) is 0 Å². The van der Waals surface area contributed by atoms with E-state index >= 15 is 0 Å². The maximum absolute atomic E-state index is 12.3. The zero-order valence-electron chi connectivity index (χ0n) is 44.1. The molecule has 0 aliphatic carbocycles. The van der Waals surface area contributed by atoms with Gasteiger partial charge in [-0.1, -0.05) is 264 Å². The first-order valence-electron chi connectivity index (χ1n) is 28.1. The molecule has 0 aliphatic heterocycles. The van der Waals surface area contributed by atoms with Crippen LogP contribution < -0.4 is 0 Å². The molecular weight excluding hydrogens is 837 g/mol. The fourth-order valence-corrected chi connectivity index (χ4v) is 7.58. The predicted molar refractivity (Wildman–Crippen MR) is 297 cm³/mol. The normalized spacial score (nSPS) is 13.2. The number of aliphatic hydroxyl groups is 1. The number of aliphatic hydroxyl groups excluding tert-OH is 1. The van der Waals surface area contributed by atoms with E-state index in [9.17, 15) is 14.7 Å². The highest BCUT2D eigenvalue weighted by molar-refractivity contribution is 5.70. The molecule has 0 saturated heterocycles. The van der Waals surface area contributed by atoms with Gasteiger partial charge < -0.3 is 14.6 Å². The van der Waals surface area contributed by atoms with E-state index in [1.54, 1.807) is 0 Å². The number of ether oxygens (including phenoxy) is 2. The lowest BCUT2D eigenvalue weighted by molar-refractivity contribution is -0.161. The molecule has 0 aromatic carbocycles. The summed E-state index contributed by atoms with van der Waals surface area (Å²) >= 11 is 0. The molecule has 0 spiro atoms. The lowest BCUT2D eigenvalue weighted by atomic mass is 10.0. The molecule has 0 fully saturated rings. The lowest BCUT2D eigenvalue weighted by Gasteiger charge is -2.15. The van der Waals surface area contributed by atoms with E-state index in [0.29, 0.717) is 12.8 Å². The summed E-state index contributed by atoms with van der Waals surface area (Å²) in [6, 6.07) is 0. The van der Waals surface area contributed by atoms with Crippen LogP contribution in [0.2, 0.25) is 0 Å². The van der Waals surface area contributed by atoms with Crippen LogP contribution in [0.25, 0.3) is 0 Å². The van der Waals surface area contributed by atoms with Gasteiger partial charge in [-0.25, -0.2) is 0 Å². The van der Waals surface area contributed by atoms with Gasteiger partial charge in [0.05, 0.1) is 6.61 Å². The van der Waals surface area contributed by atoms with Gasteiger partial charge in [0.2, 0.25) is 0 Å². The van der Waals surface area contributed by atoms with Crippen molar-refractivity contribution in [1.29, 1.82) is 0 Å². The first-order valence-corrected chi connectivity index (χ1v) is 28.1. The Hall–Kier alpha value is -3.70. The van der Waals surface area contributed by atoms with Crippen molar-refractivity contribution in [2.24, 2.45) is 0 Å². The van der Waals surface area contributed by atoms with Crippen molar-refractivity contribution in [2.45, 2.75) is 251 Å². The number of esters is 2. The SMILES string of the molecule is CC/C=C\C/C=C\C/C=C\C/C=C\C/C=C\C/C=C\C/C=C\C/C=C\C/C=C\C/C=C\CCCCCCCCCCC(=O)OC(CO)COC(=O)CCCCCCCCCCCCCCCCC. The molecule has 0 rings (SSSR count). The summed E-state index contributed by atoms with van der Waals surface area (Å²) in [5, 5.41) is 9.63. The Morgan fingerprint density at radius 2 is 0.632 bits per heavy atom. The minimum absolute atomic E-state index is 0.0722. The number of allylic oxidation sites excluding steroid dienone is 20. The summed E-state index contributed by atoms with van der Waals surface area (Å²) in [6.45, 7) is 4.02. The van der Waals surface area contributed by atoms with Gasteiger partial charge in [0.1, 0.15) is 6.61 Å². The molecule has 5 nitrogen and oxygen atoms in total. The van der Waals surface area contributed by atoms with Crippen LogP contribution in [0.5, 0.6) is 0 Å². The van der Waals surface area contributed by atoms with Crippen LogP contribution in [-0.4, -0.2) is 36.4 Å². The Bertz CT molecular complexity index is 1390. The van der Waals surface area contributed by atoms with Crippen molar-refractivity contribution < 1.29 is 24.2 Å². The fourth-order valence-electron chi connectivity index (χ4n) is 7.58. The molecule has 0 bridgehead atoms. The van der Waals surface area contributed by atoms with Crippen molar-refractivity contribution in [3.63, 3.8) is 0 Å². The Labute approximate surface area is 420 Å². The maximum atomic E-state index is 12.3. The topological polar surface area (TPSA) is 72.8 Å². The molecule has 1 unspecified atom stereocenters. The van der Waals surface area contributed by atoms with Crippen LogP contribution in [0, 0.1) is 0 Å². The van der Waals surface area contributed by atoms with Crippen LogP contribution in [0.1, 0.15) is 245 Å². The van der Waals surface area contributed by atoms with E-state index in [0.717, 1.165) is 109 Å². The third-order valence-electron chi connectivity index (χ3n) is 11.8. The van der Waals surface area contributed by atoms with Crippen molar-refractivity contribution in [1.82, 2.24) is 0 Å². The Morgan fingerprint density at radius 1 is 0.353 bits per heavy atom. The van der Waals surface area contributed by atoms with E-state index < -0.39 is 6.10 Å². The first kappa shape index (κ1) is 64.3. The van der Waals surface area contributed by atoms with Crippen molar-refractivity contribution in [3.8, 4) is 0 Å². The highest BCUT2D eigenvalue weighted by atomic mass is 16.6. The lowest BCUT2D eigenvalue weighted by Crippen LogP contribution is -2.28. The zero-order chi connectivity index (χ0) is 49.2. The van der Waals surface area contributed by atoms with E-state index in [2.05, 4.69) is 135 Å². The van der Waals surface area contributed by atoms with Crippen LogP contribution in [0.3, 0.4) is 0 Å². The highest BCUT2D eigenvalue weighted by Crippen LogP contribution is 2.15. The van der Waals surface area contributed by atoms with Crippen molar-refractivity contribution in [2.75, 3.05) is 13.2 Å². The molecule has 0 radical (unpaired) electrons. The van der Waals surface area contributed by atoms with Crippen LogP contribution in [0.4, 0.5) is 0 Å². The molecule has 0 aromatic rings. The van der Waals surface area contributed by atoms with E-state index in [4.69, 9.17) is 9.47 Å². The smallest absolute Gasteiger partial charge is 0.306 e. The summed E-state index contributed by atoms with van der Waals surface area (Å²) < 4.78 is 10.7. The third-order valence-corrected chi connectivity index (χ3v) is 11.8. The molecule has 68 heavy (non-hydrogen) atoms. The first-order chi connectivity index (χ1) is 33.6. The average molecular weight is 942 g/mol. The summed E-state index contributed by atoms with van der Waals surface area (Å²) in [7, 11) is 0. The van der Waals surface area contributed by atoms with E-state index in [1.165, 1.54) is 109 Å². The van der Waals surface area contributed by atoms with Gasteiger partial charge in [0, 0.05) is 12.8 Å². The van der Waals surface area contributed by atoms with E-state index in [-0.39, 0.29) is 25.2 Å². The van der Waals surface area contributed by atoms with E-state index in [1.807, 2.05) is 0 Å². The fraction of sp³-hybridized carbons (Fsp3) is 0.651. The molecule has 0 aliphatic rings. The molecule has 1 atom stereocenters. The predicted octanol–water partition coefficient (Wildman–Crippen LogP) is 19.1. The average Bonchev–Trinajstić information content (AvgIpc) is 3.34. The van der Waals surface area contributed by atoms with Gasteiger partial charge in [0.15, 0.2) is 6.10 Å². The summed E-state index contributed by atoms with van der Waals surface area (Å²) in [6.07, 6.45) is 84.5. The van der Waals surface area contributed by atoms with Crippen LogP contribution in [0.15, 0.2) is 122 Å². The highest BCUT2D eigenvalue weighted by Gasteiger charge is 2.16. The minimum atomic E-state index is -0.782. The third kappa shape index (κ3) is 54.9. The van der Waals surface area contributed by atoms with Gasteiger partial charge in [-0.2, -0.15) is 0 Å². The Balaban J connectivity index is 3.60. The molecule has 386 valence electrons. The number of carbonyl (C=O) groups excluding carboxylic acids is 2. The largest absolute Gasteiger partial charge is 0.462 e. The summed E-state index contributed by atoms with van der Waals surface area (Å²) in [5.41, 5.74) is 0. The number of rotatable bonds is 50. The number of carbonyl (C=O) groups is 2. The second-order valence-corrected chi connectivity index (χ2v) is 18.3. The monoisotopic (exact) mass is 941 g/mol. The van der Waals surface area contributed by atoms with Gasteiger partial charge >= 0.3 is 11.9 Å². The molecule has 5 heteroatoms. The zero-order valence-corrected chi connectivity index (χ0v) is 44.1. The molecule has 0 amide bonds. The van der Waals surface area contributed by atoms with Crippen molar-refractivity contribution >= 4 is 11.9 Å². The standard InChI is InChI=1S/C63H104O5/c1-3-5-7-9-11-13-15-17-19-20-21-22-23-24-25-26-27-28-29-30-31-32-33-34-35-36-37-38-39-40-41-42-44-46-48-50-52-54-56-58-63(66)68-61(59-64)60-67-62(65)57-55-53-51-49-47-45-43-18-16-14-12-10-8-6-4-2/h5,7,11,13,17,19,21-22,24-25,27-28,30-31,33-34,36-37,39-40,61,64H,3-4,6,8-10,12,14-16,18,20,23,26,29,32,35,38,41-60H2,1-2H3/b7-5-,13-11-,19-17-,22-21-,25-24-,28-27-,31-30-,34-33-,37-36-,40-39-. The Morgan fingerprint density at radius 3 is 0.956 bits per heavy atom. The van der Waals surface area contributed by atoms with Crippen molar-refractivity contribution in [3.05, 3.63) is 122 Å². The molecule has 0 aromatic heterocycles. The quantitative estimate of drug-likeness (QED) is 0.0374. The molecular formula is C63H104O5. The molecule has 1 N–H and O–H groups in total. The van der Waals surface area contributed by atoms with Gasteiger partial charge in [-0.05, 0) is 89.9 Å². The summed E-state index contributed by atoms with van der Waals surface area (Å²) in [5.74, 6) is -0.600. The second-order valence-electron chi connectivity index (χ2n) is 18.3. The van der Waals surface area contributed by atoms with Crippen LogP contribution in [-0.2, 0) is 19.1 Å². The molecule has 0 saturated carbocycles.